The molecule has 1 unspecified atom stereocenters. The number of ether oxygens (including phenoxy) is 1. The van der Waals surface area contributed by atoms with E-state index in [4.69, 9.17) is 0 Å². The Kier molecular flexibility index (Phi) is 7.64. The normalized spacial score (nSPS) is 12.1. The van der Waals surface area contributed by atoms with Gasteiger partial charge in [0.15, 0.2) is 6.61 Å². The summed E-state index contributed by atoms with van der Waals surface area (Å²) in [5.74, 6) is -1.42. The maximum Gasteiger partial charge on any atom is 0.422 e. The average Bonchev–Trinajstić information content (AvgIpc) is 2.70. The molecule has 2 aromatic rings. The highest BCUT2D eigenvalue weighted by atomic mass is 19.4. The van der Waals surface area contributed by atoms with E-state index in [1.165, 1.54) is 18.2 Å². The van der Waals surface area contributed by atoms with Crippen molar-refractivity contribution in [2.24, 2.45) is 5.92 Å². The highest BCUT2D eigenvalue weighted by Gasteiger charge is 2.29. The maximum atomic E-state index is 12.8. The van der Waals surface area contributed by atoms with Crippen LogP contribution in [0.15, 0.2) is 42.5 Å². The van der Waals surface area contributed by atoms with E-state index in [0.29, 0.717) is 5.56 Å². The van der Waals surface area contributed by atoms with E-state index in [-0.39, 0.29) is 22.9 Å². The van der Waals surface area contributed by atoms with Gasteiger partial charge < -0.3 is 15.4 Å². The van der Waals surface area contributed by atoms with E-state index in [1.54, 1.807) is 51.1 Å². The summed E-state index contributed by atoms with van der Waals surface area (Å²) in [5, 5.41) is 14.5. The van der Waals surface area contributed by atoms with Crippen LogP contribution in [-0.4, -0.2) is 30.6 Å². The Morgan fingerprint density at radius 3 is 2.42 bits per heavy atom. The Balaban J connectivity index is 2.14. The van der Waals surface area contributed by atoms with Gasteiger partial charge in [0.05, 0.1) is 5.56 Å². The molecule has 0 spiro atoms. The van der Waals surface area contributed by atoms with Gasteiger partial charge in [-0.2, -0.15) is 18.4 Å². The molecule has 31 heavy (non-hydrogen) atoms. The van der Waals surface area contributed by atoms with Crippen LogP contribution in [0.5, 0.6) is 5.75 Å². The summed E-state index contributed by atoms with van der Waals surface area (Å²) in [5.41, 5.74) is 1.23. The number of alkyl halides is 3. The van der Waals surface area contributed by atoms with Gasteiger partial charge in [0.1, 0.15) is 17.9 Å². The van der Waals surface area contributed by atoms with Crippen LogP contribution < -0.4 is 15.4 Å². The summed E-state index contributed by atoms with van der Waals surface area (Å²) in [6.45, 7) is 3.77. The minimum atomic E-state index is -4.54. The maximum absolute atomic E-state index is 12.8. The van der Waals surface area contributed by atoms with Crippen LogP contribution in [0.1, 0.15) is 35.3 Å². The number of halogens is 3. The van der Waals surface area contributed by atoms with Crippen molar-refractivity contribution in [2.75, 3.05) is 11.9 Å². The van der Waals surface area contributed by atoms with Crippen LogP contribution in [0.25, 0.3) is 0 Å². The molecule has 0 radical (unpaired) electrons. The number of amides is 2. The lowest BCUT2D eigenvalue weighted by Gasteiger charge is -2.22. The predicted molar refractivity (Wildman–Crippen MR) is 109 cm³/mol. The quantitative estimate of drug-likeness (QED) is 0.685. The lowest BCUT2D eigenvalue weighted by Crippen LogP contribution is -2.47. The highest BCUT2D eigenvalue weighted by Crippen LogP contribution is 2.25. The molecule has 9 heteroatoms. The number of aryl methyl sites for hydroxylation is 1. The average molecular weight is 433 g/mol. The summed E-state index contributed by atoms with van der Waals surface area (Å²) in [6.07, 6.45) is -4.54. The van der Waals surface area contributed by atoms with Gasteiger partial charge in [0.25, 0.3) is 5.91 Å². The largest absolute Gasteiger partial charge is 0.483 e. The van der Waals surface area contributed by atoms with E-state index < -0.39 is 30.6 Å². The first kappa shape index (κ1) is 23.7. The van der Waals surface area contributed by atoms with Crippen molar-refractivity contribution in [3.63, 3.8) is 0 Å². The molecule has 0 aliphatic heterocycles. The van der Waals surface area contributed by atoms with Crippen molar-refractivity contribution in [3.05, 3.63) is 59.2 Å². The van der Waals surface area contributed by atoms with Gasteiger partial charge in [-0.25, -0.2) is 0 Å². The smallest absolute Gasteiger partial charge is 0.422 e. The van der Waals surface area contributed by atoms with Gasteiger partial charge in [-0.15, -0.1) is 0 Å². The van der Waals surface area contributed by atoms with Crippen LogP contribution in [0.2, 0.25) is 0 Å². The number of hydrogen-bond acceptors (Lipinski definition) is 4. The number of rotatable bonds is 7. The van der Waals surface area contributed by atoms with Crippen molar-refractivity contribution in [3.8, 4) is 11.8 Å². The Labute approximate surface area is 178 Å². The molecule has 0 saturated carbocycles. The second kappa shape index (κ2) is 9.98. The number of carbonyl (C=O) groups excluding carboxylic acids is 2. The number of nitriles is 1. The third-order valence-corrected chi connectivity index (χ3v) is 4.38. The summed E-state index contributed by atoms with van der Waals surface area (Å²) in [7, 11) is 0. The van der Waals surface area contributed by atoms with Crippen molar-refractivity contribution in [1.29, 1.82) is 5.26 Å². The lowest BCUT2D eigenvalue weighted by atomic mass is 10.0. The zero-order valence-electron chi connectivity index (χ0n) is 17.2. The third kappa shape index (κ3) is 6.74. The molecule has 2 amide bonds. The van der Waals surface area contributed by atoms with E-state index in [9.17, 15) is 28.0 Å². The fourth-order valence-corrected chi connectivity index (χ4v) is 2.78. The molecule has 0 aromatic heterocycles. The fraction of sp³-hybridized carbons (Fsp3) is 0.318. The summed E-state index contributed by atoms with van der Waals surface area (Å²) >= 11 is 0. The van der Waals surface area contributed by atoms with E-state index in [1.807, 2.05) is 0 Å². The number of carbonyl (C=O) groups is 2. The predicted octanol–water partition coefficient (Wildman–Crippen LogP) is 4.20. The Bertz CT molecular complexity index is 997. The van der Waals surface area contributed by atoms with Crippen LogP contribution in [-0.2, 0) is 4.79 Å². The number of anilines is 1. The zero-order valence-corrected chi connectivity index (χ0v) is 17.2. The summed E-state index contributed by atoms with van der Waals surface area (Å²) < 4.78 is 41.7. The van der Waals surface area contributed by atoms with Crippen LogP contribution in [0.4, 0.5) is 18.9 Å². The van der Waals surface area contributed by atoms with Gasteiger partial charge in [0.2, 0.25) is 5.91 Å². The molecule has 0 aliphatic rings. The summed E-state index contributed by atoms with van der Waals surface area (Å²) in [4.78, 5) is 25.4. The third-order valence-electron chi connectivity index (χ3n) is 4.38. The van der Waals surface area contributed by atoms with Gasteiger partial charge in [-0.3, -0.25) is 9.59 Å². The van der Waals surface area contributed by atoms with Crippen LogP contribution >= 0.6 is 0 Å². The van der Waals surface area contributed by atoms with Crippen molar-refractivity contribution >= 4 is 17.5 Å². The molecular weight excluding hydrogens is 411 g/mol. The van der Waals surface area contributed by atoms with Crippen molar-refractivity contribution in [2.45, 2.75) is 33.0 Å². The first-order valence-electron chi connectivity index (χ1n) is 9.43. The second-order valence-electron chi connectivity index (χ2n) is 7.23. The minimum absolute atomic E-state index is 0.160. The minimum Gasteiger partial charge on any atom is -0.483 e. The van der Waals surface area contributed by atoms with Gasteiger partial charge in [0, 0.05) is 11.3 Å². The fourth-order valence-electron chi connectivity index (χ4n) is 2.78. The number of nitrogens with one attached hydrogen (secondary N) is 2. The molecule has 0 heterocycles. The molecule has 6 nitrogen and oxygen atoms in total. The molecule has 2 N–H and O–H groups in total. The molecule has 0 aliphatic carbocycles. The Morgan fingerprint density at radius 1 is 1.16 bits per heavy atom. The molecule has 0 fully saturated rings. The van der Waals surface area contributed by atoms with E-state index in [2.05, 4.69) is 15.4 Å². The van der Waals surface area contributed by atoms with Crippen molar-refractivity contribution < 1.29 is 27.5 Å². The highest BCUT2D eigenvalue weighted by molar-refractivity contribution is 6.02. The van der Waals surface area contributed by atoms with E-state index >= 15 is 0 Å². The monoisotopic (exact) mass is 433 g/mol. The van der Waals surface area contributed by atoms with Crippen LogP contribution in [0.3, 0.4) is 0 Å². The molecule has 0 bridgehead atoms. The van der Waals surface area contributed by atoms with Gasteiger partial charge in [-0.1, -0.05) is 32.0 Å². The Hall–Kier alpha value is -3.54. The molecular formula is C22H22F3N3O3. The number of nitrogens with zero attached hydrogens (tertiary/aromatic N) is 1. The van der Waals surface area contributed by atoms with Crippen LogP contribution in [0, 0.1) is 24.2 Å². The topological polar surface area (TPSA) is 91.2 Å². The molecule has 2 aromatic carbocycles. The Morgan fingerprint density at radius 2 is 1.84 bits per heavy atom. The van der Waals surface area contributed by atoms with Gasteiger partial charge in [-0.05, 0) is 42.7 Å². The van der Waals surface area contributed by atoms with Crippen molar-refractivity contribution in [1.82, 2.24) is 5.32 Å². The summed E-state index contributed by atoms with van der Waals surface area (Å²) in [6, 6.07) is 11.5. The lowest BCUT2D eigenvalue weighted by molar-refractivity contribution is -0.153. The first-order chi connectivity index (χ1) is 14.5. The first-order valence-corrected chi connectivity index (χ1v) is 9.43. The van der Waals surface area contributed by atoms with Gasteiger partial charge >= 0.3 is 6.18 Å². The standard InChI is InChI=1S/C22H22F3N3O3/c1-13(2)19(28-20(29)17-7-5-4-6-14(17)3)21(30)27-16-8-9-18(15(10-16)11-26)31-12-22(23,24)25/h4-10,13,19H,12H2,1-3H3,(H,27,30)(H,28,29). The molecule has 2 rings (SSSR count). The molecule has 1 atom stereocenters. The zero-order chi connectivity index (χ0) is 23.2. The number of hydrogen-bond donors (Lipinski definition) is 2. The molecule has 164 valence electrons. The van der Waals surface area contributed by atoms with E-state index in [0.717, 1.165) is 5.56 Å². The molecule has 0 saturated heterocycles. The number of benzene rings is 2. The second-order valence-corrected chi connectivity index (χ2v) is 7.23. The SMILES string of the molecule is Cc1ccccc1C(=O)NC(C(=O)Nc1ccc(OCC(F)(F)F)c(C#N)c1)C(C)C.